The van der Waals surface area contributed by atoms with Gasteiger partial charge in [-0.2, -0.15) is 0 Å². The minimum atomic E-state index is -0.658. The molecule has 0 saturated heterocycles. The van der Waals surface area contributed by atoms with Crippen molar-refractivity contribution in [1.29, 1.82) is 0 Å². The minimum absolute atomic E-state index is 0.109. The van der Waals surface area contributed by atoms with Crippen molar-refractivity contribution in [3.05, 3.63) is 104 Å². The number of nitrogens with zero attached hydrogens (tertiary/aromatic N) is 1. The molecule has 8 heteroatoms. The molecule has 0 spiro atoms. The Morgan fingerprint density at radius 3 is 2.30 bits per heavy atom. The van der Waals surface area contributed by atoms with Crippen molar-refractivity contribution in [2.24, 2.45) is 0 Å². The van der Waals surface area contributed by atoms with Gasteiger partial charge in [0.05, 0.1) is 10.5 Å². The molecular weight excluding hydrogens is 454 g/mol. The molecule has 0 aromatic heterocycles. The van der Waals surface area contributed by atoms with Crippen molar-refractivity contribution < 1.29 is 24.0 Å². The van der Waals surface area contributed by atoms with Crippen LogP contribution in [0.3, 0.4) is 0 Å². The first-order valence-corrected chi connectivity index (χ1v) is 9.64. The van der Waals surface area contributed by atoms with Crippen molar-refractivity contribution in [2.45, 2.75) is 6.61 Å². The predicted octanol–water partition coefficient (Wildman–Crippen LogP) is 4.98. The van der Waals surface area contributed by atoms with E-state index in [4.69, 9.17) is 9.47 Å². The first kappa shape index (κ1) is 21.2. The van der Waals surface area contributed by atoms with Crippen molar-refractivity contribution in [3.8, 4) is 5.75 Å². The van der Waals surface area contributed by atoms with Gasteiger partial charge in [0.25, 0.3) is 5.69 Å². The number of hydrogen-bond donors (Lipinski definition) is 0. The summed E-state index contributed by atoms with van der Waals surface area (Å²) >= 11 is 3.36. The van der Waals surface area contributed by atoms with Crippen molar-refractivity contribution in [2.75, 3.05) is 6.61 Å². The zero-order valence-electron chi connectivity index (χ0n) is 15.6. The van der Waals surface area contributed by atoms with E-state index in [1.165, 1.54) is 18.2 Å². The van der Waals surface area contributed by atoms with E-state index in [1.54, 1.807) is 24.3 Å². The average molecular weight is 470 g/mol. The average Bonchev–Trinajstić information content (AvgIpc) is 2.77. The van der Waals surface area contributed by atoms with E-state index in [-0.39, 0.29) is 16.8 Å². The topological polar surface area (TPSA) is 95.7 Å². The summed E-state index contributed by atoms with van der Waals surface area (Å²) in [6.07, 6.45) is 0. The van der Waals surface area contributed by atoms with Gasteiger partial charge >= 0.3 is 5.97 Å². The summed E-state index contributed by atoms with van der Waals surface area (Å²) in [5.74, 6) is -0.456. The molecule has 0 amide bonds. The SMILES string of the molecule is O=C(COC(=O)c1ccc(COc2ccc(Br)cc2)cc1)c1cccc([N+](=O)[O-])c1. The number of Topliss-reactive ketones (excluding diaryl/α,β-unsaturated/α-hetero) is 1. The number of carbonyl (C=O) groups is 2. The molecule has 3 aromatic rings. The molecule has 0 heterocycles. The lowest BCUT2D eigenvalue weighted by atomic mass is 10.1. The molecule has 3 rings (SSSR count). The van der Waals surface area contributed by atoms with Gasteiger partial charge in [0.2, 0.25) is 5.78 Å². The number of ether oxygens (including phenoxy) is 2. The summed E-state index contributed by atoms with van der Waals surface area (Å²) in [6.45, 7) is -0.170. The Balaban J connectivity index is 1.53. The van der Waals surface area contributed by atoms with Crippen LogP contribution in [0.15, 0.2) is 77.3 Å². The zero-order valence-corrected chi connectivity index (χ0v) is 17.2. The number of halogens is 1. The Morgan fingerprint density at radius 1 is 0.933 bits per heavy atom. The maximum Gasteiger partial charge on any atom is 0.338 e. The van der Waals surface area contributed by atoms with Crippen molar-refractivity contribution in [1.82, 2.24) is 0 Å². The highest BCUT2D eigenvalue weighted by molar-refractivity contribution is 9.10. The van der Waals surface area contributed by atoms with E-state index in [0.717, 1.165) is 21.9 Å². The highest BCUT2D eigenvalue weighted by Gasteiger charge is 2.14. The Bertz CT molecular complexity index is 1060. The summed E-state index contributed by atoms with van der Waals surface area (Å²) in [6, 6.07) is 19.3. The van der Waals surface area contributed by atoms with E-state index in [0.29, 0.717) is 6.61 Å². The molecule has 0 atom stereocenters. The second-order valence-corrected chi connectivity index (χ2v) is 7.16. The number of nitro benzene ring substituents is 1. The molecule has 30 heavy (non-hydrogen) atoms. The van der Waals surface area contributed by atoms with Crippen LogP contribution >= 0.6 is 15.9 Å². The summed E-state index contributed by atoms with van der Waals surface area (Å²) in [7, 11) is 0. The number of ketones is 1. The number of nitro groups is 1. The van der Waals surface area contributed by atoms with Gasteiger partial charge in [-0.05, 0) is 42.0 Å². The molecule has 0 radical (unpaired) electrons. The fraction of sp³-hybridized carbons (Fsp3) is 0.0909. The van der Waals surface area contributed by atoms with Crippen LogP contribution in [0.2, 0.25) is 0 Å². The smallest absolute Gasteiger partial charge is 0.338 e. The van der Waals surface area contributed by atoms with Gasteiger partial charge in [0.1, 0.15) is 12.4 Å². The summed E-state index contributed by atoms with van der Waals surface area (Å²) in [4.78, 5) is 34.5. The number of carbonyl (C=O) groups excluding carboxylic acids is 2. The molecular formula is C22H16BrNO6. The van der Waals surface area contributed by atoms with Gasteiger partial charge < -0.3 is 9.47 Å². The molecule has 0 unspecified atom stereocenters. The lowest BCUT2D eigenvalue weighted by Gasteiger charge is -2.08. The number of rotatable bonds is 8. The molecule has 0 fully saturated rings. The number of non-ortho nitro benzene ring substituents is 1. The second-order valence-electron chi connectivity index (χ2n) is 6.25. The molecule has 0 aliphatic carbocycles. The molecule has 0 saturated carbocycles. The van der Waals surface area contributed by atoms with Gasteiger partial charge in [-0.25, -0.2) is 4.79 Å². The Kier molecular flexibility index (Phi) is 6.92. The third-order valence-electron chi connectivity index (χ3n) is 4.12. The maximum absolute atomic E-state index is 12.2. The predicted molar refractivity (Wildman–Crippen MR) is 113 cm³/mol. The molecule has 0 aliphatic heterocycles. The number of hydrogen-bond acceptors (Lipinski definition) is 6. The quantitative estimate of drug-likeness (QED) is 0.200. The van der Waals surface area contributed by atoms with Crippen LogP contribution in [-0.2, 0) is 11.3 Å². The minimum Gasteiger partial charge on any atom is -0.489 e. The molecule has 152 valence electrons. The lowest BCUT2D eigenvalue weighted by molar-refractivity contribution is -0.384. The van der Waals surface area contributed by atoms with E-state index >= 15 is 0 Å². The van der Waals surface area contributed by atoms with Crippen molar-refractivity contribution in [3.63, 3.8) is 0 Å². The maximum atomic E-state index is 12.2. The molecule has 0 bridgehead atoms. The summed E-state index contributed by atoms with van der Waals surface area (Å²) < 4.78 is 11.7. The Labute approximate surface area is 180 Å². The van der Waals surface area contributed by atoms with Crippen LogP contribution in [0.4, 0.5) is 5.69 Å². The molecule has 0 N–H and O–H groups in total. The van der Waals surface area contributed by atoms with Crippen LogP contribution in [0.25, 0.3) is 0 Å². The zero-order chi connectivity index (χ0) is 21.5. The van der Waals surface area contributed by atoms with Gasteiger partial charge in [-0.15, -0.1) is 0 Å². The first-order chi connectivity index (χ1) is 14.4. The van der Waals surface area contributed by atoms with Crippen LogP contribution in [0.5, 0.6) is 5.75 Å². The molecule has 3 aromatic carbocycles. The summed E-state index contributed by atoms with van der Waals surface area (Å²) in [5, 5.41) is 10.8. The van der Waals surface area contributed by atoms with Crippen molar-refractivity contribution >= 4 is 33.4 Å². The number of benzene rings is 3. The van der Waals surface area contributed by atoms with Gasteiger partial charge in [0.15, 0.2) is 6.61 Å². The third-order valence-corrected chi connectivity index (χ3v) is 4.65. The largest absolute Gasteiger partial charge is 0.489 e. The molecule has 0 aliphatic rings. The van der Waals surface area contributed by atoms with Crippen LogP contribution in [0.1, 0.15) is 26.3 Å². The lowest BCUT2D eigenvalue weighted by Crippen LogP contribution is -2.14. The number of esters is 1. The summed E-state index contributed by atoms with van der Waals surface area (Å²) in [5.41, 5.74) is 1.06. The van der Waals surface area contributed by atoms with E-state index < -0.39 is 23.3 Å². The molecule has 7 nitrogen and oxygen atoms in total. The highest BCUT2D eigenvalue weighted by Crippen LogP contribution is 2.18. The van der Waals surface area contributed by atoms with E-state index in [1.807, 2.05) is 24.3 Å². The van der Waals surface area contributed by atoms with Crippen LogP contribution in [0, 0.1) is 10.1 Å². The fourth-order valence-electron chi connectivity index (χ4n) is 2.53. The van der Waals surface area contributed by atoms with Crippen LogP contribution in [-0.4, -0.2) is 23.3 Å². The second kappa shape index (κ2) is 9.80. The monoisotopic (exact) mass is 469 g/mol. The van der Waals surface area contributed by atoms with E-state index in [2.05, 4.69) is 15.9 Å². The highest BCUT2D eigenvalue weighted by atomic mass is 79.9. The third kappa shape index (κ3) is 5.74. The van der Waals surface area contributed by atoms with E-state index in [9.17, 15) is 19.7 Å². The Hall–Kier alpha value is -3.52. The first-order valence-electron chi connectivity index (χ1n) is 8.84. The van der Waals surface area contributed by atoms with Gasteiger partial charge in [-0.3, -0.25) is 14.9 Å². The van der Waals surface area contributed by atoms with Gasteiger partial charge in [0, 0.05) is 22.2 Å². The normalized spacial score (nSPS) is 10.3. The fourth-order valence-corrected chi connectivity index (χ4v) is 2.79. The van der Waals surface area contributed by atoms with Crippen LogP contribution < -0.4 is 4.74 Å². The standard InChI is InChI=1S/C22H16BrNO6/c23-18-8-10-20(11-9-18)29-13-15-4-6-16(7-5-15)22(26)30-14-21(25)17-2-1-3-19(12-17)24(27)28/h1-12H,13-14H2. The van der Waals surface area contributed by atoms with Gasteiger partial charge in [-0.1, -0.05) is 40.2 Å². The Morgan fingerprint density at radius 2 is 1.63 bits per heavy atom.